The summed E-state index contributed by atoms with van der Waals surface area (Å²) in [6.07, 6.45) is 6.58. The Hall–Kier alpha value is -2.05. The number of rotatable bonds is 6. The molecule has 25 heavy (non-hydrogen) atoms. The molecule has 3 heterocycles. The molecule has 6 nitrogen and oxygen atoms in total. The van der Waals surface area contributed by atoms with Gasteiger partial charge in [-0.3, -0.25) is 4.90 Å². The van der Waals surface area contributed by atoms with Gasteiger partial charge in [0.25, 0.3) is 0 Å². The van der Waals surface area contributed by atoms with E-state index in [1.807, 2.05) is 18.6 Å². The minimum atomic E-state index is 0.322. The molecule has 1 fully saturated rings. The Labute approximate surface area is 147 Å². The van der Waals surface area contributed by atoms with Gasteiger partial charge in [0.2, 0.25) is 6.79 Å². The maximum atomic E-state index is 5.97. The number of hydrogen-bond donors (Lipinski definition) is 0. The standard InChI is InChI=1S/C19H23N3O3/c1-2-14(1)10-23-11-17-9-21(8-16-6-20-12-22(16)17)7-15-3-4-18-19(5-15)25-13-24-18/h3-6,12,14,17H,1-2,7-11,13H2. The summed E-state index contributed by atoms with van der Waals surface area (Å²) in [6.45, 7) is 4.76. The summed E-state index contributed by atoms with van der Waals surface area (Å²) in [5, 5.41) is 0. The topological polar surface area (TPSA) is 48.8 Å². The van der Waals surface area contributed by atoms with E-state index in [9.17, 15) is 0 Å². The van der Waals surface area contributed by atoms with Crippen LogP contribution >= 0.6 is 0 Å². The Morgan fingerprint density at radius 1 is 1.16 bits per heavy atom. The molecule has 6 heteroatoms. The van der Waals surface area contributed by atoms with Crippen molar-refractivity contribution < 1.29 is 14.2 Å². The number of fused-ring (bicyclic) bond motifs is 2. The molecule has 1 aromatic heterocycles. The molecule has 0 radical (unpaired) electrons. The fourth-order valence-corrected chi connectivity index (χ4v) is 3.67. The molecule has 0 N–H and O–H groups in total. The Balaban J connectivity index is 1.27. The smallest absolute Gasteiger partial charge is 0.231 e. The molecular weight excluding hydrogens is 318 g/mol. The SMILES string of the molecule is c1cc2c(cc1CN1Cc3cncn3C(COCC3CC3)C1)OCO2. The molecule has 0 saturated heterocycles. The Bertz CT molecular complexity index is 756. The van der Waals surface area contributed by atoms with Gasteiger partial charge in [-0.15, -0.1) is 0 Å². The van der Waals surface area contributed by atoms with Gasteiger partial charge in [0.1, 0.15) is 0 Å². The van der Waals surface area contributed by atoms with Crippen molar-refractivity contribution in [1.29, 1.82) is 0 Å². The summed E-state index contributed by atoms with van der Waals surface area (Å²) < 4.78 is 19.2. The Morgan fingerprint density at radius 2 is 2.08 bits per heavy atom. The molecular formula is C19H23N3O3. The van der Waals surface area contributed by atoms with Crippen molar-refractivity contribution in [2.45, 2.75) is 32.0 Å². The second kappa shape index (κ2) is 6.35. The number of ether oxygens (including phenoxy) is 3. The third kappa shape index (κ3) is 3.24. The lowest BCUT2D eigenvalue weighted by Crippen LogP contribution is -2.38. The van der Waals surface area contributed by atoms with Gasteiger partial charge in [0.15, 0.2) is 11.5 Å². The highest BCUT2D eigenvalue weighted by Gasteiger charge is 2.27. The van der Waals surface area contributed by atoms with Crippen LogP contribution in [0, 0.1) is 5.92 Å². The molecule has 1 atom stereocenters. The van der Waals surface area contributed by atoms with E-state index in [1.54, 1.807) is 0 Å². The highest BCUT2D eigenvalue weighted by atomic mass is 16.7. The van der Waals surface area contributed by atoms with E-state index < -0.39 is 0 Å². The molecule has 2 aliphatic heterocycles. The van der Waals surface area contributed by atoms with Crippen molar-refractivity contribution in [2.24, 2.45) is 5.92 Å². The first kappa shape index (κ1) is 15.2. The number of hydrogen-bond acceptors (Lipinski definition) is 5. The second-order valence-electron chi connectivity index (χ2n) is 7.28. The summed E-state index contributed by atoms with van der Waals surface area (Å²) in [5.41, 5.74) is 2.50. The molecule has 0 spiro atoms. The van der Waals surface area contributed by atoms with E-state index >= 15 is 0 Å². The van der Waals surface area contributed by atoms with E-state index in [2.05, 4.69) is 26.6 Å². The molecule has 3 aliphatic rings. The molecule has 0 amide bonds. The predicted molar refractivity (Wildman–Crippen MR) is 91.5 cm³/mol. The van der Waals surface area contributed by atoms with Gasteiger partial charge in [0, 0.05) is 32.4 Å². The van der Waals surface area contributed by atoms with Gasteiger partial charge in [0.05, 0.1) is 24.7 Å². The molecule has 1 saturated carbocycles. The molecule has 132 valence electrons. The normalized spacial score (nSPS) is 22.2. The van der Waals surface area contributed by atoms with Crippen molar-refractivity contribution in [3.63, 3.8) is 0 Å². The van der Waals surface area contributed by atoms with E-state index in [0.29, 0.717) is 12.8 Å². The van der Waals surface area contributed by atoms with Crippen molar-refractivity contribution in [1.82, 2.24) is 14.5 Å². The molecule has 0 bridgehead atoms. The van der Waals surface area contributed by atoms with Crippen LogP contribution in [0.4, 0.5) is 0 Å². The maximum absolute atomic E-state index is 5.97. The number of aromatic nitrogens is 2. The van der Waals surface area contributed by atoms with Crippen LogP contribution in [0.15, 0.2) is 30.7 Å². The first-order chi connectivity index (χ1) is 12.3. The largest absolute Gasteiger partial charge is 0.454 e. The predicted octanol–water partition coefficient (Wildman–Crippen LogP) is 2.60. The zero-order chi connectivity index (χ0) is 16.6. The quantitative estimate of drug-likeness (QED) is 0.808. The first-order valence-corrected chi connectivity index (χ1v) is 9.04. The lowest BCUT2D eigenvalue weighted by molar-refractivity contribution is 0.0623. The molecule has 1 unspecified atom stereocenters. The molecule has 2 aromatic rings. The van der Waals surface area contributed by atoms with E-state index in [1.165, 1.54) is 24.1 Å². The van der Waals surface area contributed by atoms with Crippen LogP contribution in [0.3, 0.4) is 0 Å². The number of nitrogens with zero attached hydrogens (tertiary/aromatic N) is 3. The minimum absolute atomic E-state index is 0.322. The second-order valence-corrected chi connectivity index (χ2v) is 7.28. The fraction of sp³-hybridized carbons (Fsp3) is 0.526. The average Bonchev–Trinajstić information content (AvgIpc) is 3.12. The van der Waals surface area contributed by atoms with Gasteiger partial charge in [-0.1, -0.05) is 6.07 Å². The van der Waals surface area contributed by atoms with Crippen LogP contribution in [-0.4, -0.2) is 41.0 Å². The zero-order valence-corrected chi connectivity index (χ0v) is 14.3. The highest BCUT2D eigenvalue weighted by molar-refractivity contribution is 5.44. The van der Waals surface area contributed by atoms with Crippen molar-refractivity contribution in [2.75, 3.05) is 26.6 Å². The Morgan fingerprint density at radius 3 is 3.00 bits per heavy atom. The molecule has 1 aliphatic carbocycles. The van der Waals surface area contributed by atoms with E-state index in [-0.39, 0.29) is 0 Å². The lowest BCUT2D eigenvalue weighted by atomic mass is 10.1. The first-order valence-electron chi connectivity index (χ1n) is 9.04. The summed E-state index contributed by atoms with van der Waals surface area (Å²) in [7, 11) is 0. The van der Waals surface area contributed by atoms with Crippen LogP contribution in [0.1, 0.15) is 30.1 Å². The fourth-order valence-electron chi connectivity index (χ4n) is 3.67. The van der Waals surface area contributed by atoms with Crippen LogP contribution < -0.4 is 9.47 Å². The monoisotopic (exact) mass is 341 g/mol. The van der Waals surface area contributed by atoms with Gasteiger partial charge >= 0.3 is 0 Å². The third-order valence-electron chi connectivity index (χ3n) is 5.20. The van der Waals surface area contributed by atoms with Gasteiger partial charge in [-0.05, 0) is 36.5 Å². The Kier molecular flexibility index (Phi) is 3.87. The van der Waals surface area contributed by atoms with Crippen LogP contribution in [-0.2, 0) is 17.8 Å². The van der Waals surface area contributed by atoms with Crippen molar-refractivity contribution >= 4 is 0 Å². The zero-order valence-electron chi connectivity index (χ0n) is 14.3. The summed E-state index contributed by atoms with van der Waals surface area (Å²) in [6, 6.07) is 6.55. The third-order valence-corrected chi connectivity index (χ3v) is 5.20. The van der Waals surface area contributed by atoms with Crippen LogP contribution in [0.2, 0.25) is 0 Å². The summed E-state index contributed by atoms with van der Waals surface area (Å²) in [5.74, 6) is 2.49. The van der Waals surface area contributed by atoms with Gasteiger partial charge < -0.3 is 18.8 Å². The van der Waals surface area contributed by atoms with Crippen molar-refractivity contribution in [3.05, 3.63) is 42.0 Å². The summed E-state index contributed by atoms with van der Waals surface area (Å²) >= 11 is 0. The van der Waals surface area contributed by atoms with Gasteiger partial charge in [-0.2, -0.15) is 0 Å². The maximum Gasteiger partial charge on any atom is 0.231 e. The van der Waals surface area contributed by atoms with E-state index in [0.717, 1.165) is 50.3 Å². The summed E-state index contributed by atoms with van der Waals surface area (Å²) in [4.78, 5) is 6.80. The van der Waals surface area contributed by atoms with E-state index in [4.69, 9.17) is 14.2 Å². The van der Waals surface area contributed by atoms with Gasteiger partial charge in [-0.25, -0.2) is 4.98 Å². The van der Waals surface area contributed by atoms with Crippen LogP contribution in [0.5, 0.6) is 11.5 Å². The lowest BCUT2D eigenvalue weighted by Gasteiger charge is -2.34. The van der Waals surface area contributed by atoms with Crippen molar-refractivity contribution in [3.8, 4) is 11.5 Å². The highest BCUT2D eigenvalue weighted by Crippen LogP contribution is 2.33. The number of imidazole rings is 1. The molecule has 1 aromatic carbocycles. The number of benzene rings is 1. The minimum Gasteiger partial charge on any atom is -0.454 e. The average molecular weight is 341 g/mol. The van der Waals surface area contributed by atoms with Crippen LogP contribution in [0.25, 0.3) is 0 Å². The molecule has 5 rings (SSSR count).